The number of aromatic nitrogens is 1. The molecule has 118 valence electrons. The third-order valence-electron chi connectivity index (χ3n) is 2.99. The highest BCUT2D eigenvalue weighted by Gasteiger charge is 2.23. The van der Waals surface area contributed by atoms with Crippen molar-refractivity contribution in [3.8, 4) is 0 Å². The van der Waals surface area contributed by atoms with Crippen molar-refractivity contribution in [1.29, 1.82) is 0 Å². The van der Waals surface area contributed by atoms with Crippen LogP contribution in [-0.4, -0.2) is 37.4 Å². The SMILES string of the molecule is Cc1ccc(S(=O)(=O)N(C)CC(=O)Nc2cc(C)on2)cc1. The van der Waals surface area contributed by atoms with Crippen molar-refractivity contribution in [1.82, 2.24) is 9.46 Å². The van der Waals surface area contributed by atoms with Gasteiger partial charge in [0.25, 0.3) is 0 Å². The maximum atomic E-state index is 12.3. The molecule has 1 aromatic heterocycles. The van der Waals surface area contributed by atoms with Crippen LogP contribution in [0.3, 0.4) is 0 Å². The summed E-state index contributed by atoms with van der Waals surface area (Å²) in [5.74, 6) is 0.311. The van der Waals surface area contributed by atoms with Crippen LogP contribution in [0.5, 0.6) is 0 Å². The van der Waals surface area contributed by atoms with E-state index in [1.54, 1.807) is 25.1 Å². The fourth-order valence-electron chi connectivity index (χ4n) is 1.79. The van der Waals surface area contributed by atoms with Gasteiger partial charge in [0.15, 0.2) is 5.82 Å². The first-order chi connectivity index (χ1) is 10.3. The zero-order valence-corrected chi connectivity index (χ0v) is 13.3. The molecule has 1 aromatic carbocycles. The highest BCUT2D eigenvalue weighted by Crippen LogP contribution is 2.15. The standard InChI is InChI=1S/C14H17N3O4S/c1-10-4-6-12(7-5-10)22(19,20)17(3)9-14(18)15-13-8-11(2)21-16-13/h4-8H,9H2,1-3H3,(H,15,16,18). The number of hydrogen-bond acceptors (Lipinski definition) is 5. The maximum absolute atomic E-state index is 12.3. The number of sulfonamides is 1. The van der Waals surface area contributed by atoms with Crippen molar-refractivity contribution in [2.24, 2.45) is 0 Å². The molecule has 0 atom stereocenters. The Hall–Kier alpha value is -2.19. The van der Waals surface area contributed by atoms with Crippen molar-refractivity contribution in [3.05, 3.63) is 41.7 Å². The lowest BCUT2D eigenvalue weighted by Crippen LogP contribution is -2.35. The first kappa shape index (κ1) is 16.2. The number of benzene rings is 1. The molecule has 0 aliphatic carbocycles. The summed E-state index contributed by atoms with van der Waals surface area (Å²) in [6, 6.07) is 7.99. The van der Waals surface area contributed by atoms with E-state index in [1.807, 2.05) is 6.92 Å². The Kier molecular flexibility index (Phi) is 4.62. The minimum atomic E-state index is -3.71. The summed E-state index contributed by atoms with van der Waals surface area (Å²) < 4.78 is 30.5. The van der Waals surface area contributed by atoms with E-state index < -0.39 is 15.9 Å². The average molecular weight is 323 g/mol. The summed E-state index contributed by atoms with van der Waals surface area (Å²) in [6.45, 7) is 3.24. The van der Waals surface area contributed by atoms with Gasteiger partial charge in [-0.2, -0.15) is 4.31 Å². The van der Waals surface area contributed by atoms with Gasteiger partial charge in [0.1, 0.15) is 5.76 Å². The van der Waals surface area contributed by atoms with Gasteiger partial charge in [-0.25, -0.2) is 8.42 Å². The molecule has 22 heavy (non-hydrogen) atoms. The molecule has 0 unspecified atom stereocenters. The molecule has 0 saturated heterocycles. The Morgan fingerprint density at radius 3 is 2.45 bits per heavy atom. The third-order valence-corrected chi connectivity index (χ3v) is 4.81. The van der Waals surface area contributed by atoms with Crippen molar-refractivity contribution in [3.63, 3.8) is 0 Å². The molecule has 0 bridgehead atoms. The highest BCUT2D eigenvalue weighted by atomic mass is 32.2. The second kappa shape index (κ2) is 6.29. The quantitative estimate of drug-likeness (QED) is 0.901. The summed E-state index contributed by atoms with van der Waals surface area (Å²) in [5.41, 5.74) is 0.959. The Morgan fingerprint density at radius 2 is 1.91 bits per heavy atom. The predicted octanol–water partition coefficient (Wildman–Crippen LogP) is 1.55. The molecule has 0 radical (unpaired) electrons. The van der Waals surface area contributed by atoms with Crippen LogP contribution < -0.4 is 5.32 Å². The molecule has 2 aromatic rings. The number of nitrogens with one attached hydrogen (secondary N) is 1. The third kappa shape index (κ3) is 3.71. The first-order valence-corrected chi connectivity index (χ1v) is 7.99. The monoisotopic (exact) mass is 323 g/mol. The van der Waals surface area contributed by atoms with Gasteiger partial charge >= 0.3 is 0 Å². The number of likely N-dealkylation sites (N-methyl/N-ethyl adjacent to an activating group) is 1. The largest absolute Gasteiger partial charge is 0.360 e. The van der Waals surface area contributed by atoms with Crippen LogP contribution in [0.2, 0.25) is 0 Å². The van der Waals surface area contributed by atoms with Gasteiger partial charge in [0, 0.05) is 13.1 Å². The van der Waals surface area contributed by atoms with Gasteiger partial charge in [-0.05, 0) is 26.0 Å². The maximum Gasteiger partial charge on any atom is 0.243 e. The van der Waals surface area contributed by atoms with Crippen LogP contribution in [-0.2, 0) is 14.8 Å². The van der Waals surface area contributed by atoms with E-state index >= 15 is 0 Å². The van der Waals surface area contributed by atoms with Crippen molar-refractivity contribution in [2.45, 2.75) is 18.7 Å². The molecule has 1 heterocycles. The first-order valence-electron chi connectivity index (χ1n) is 6.55. The van der Waals surface area contributed by atoms with Crippen LogP contribution in [0.4, 0.5) is 5.82 Å². The van der Waals surface area contributed by atoms with E-state index in [1.165, 1.54) is 19.2 Å². The fraction of sp³-hybridized carbons (Fsp3) is 0.286. The molecule has 0 aliphatic rings. The van der Waals surface area contributed by atoms with Crippen molar-refractivity contribution < 1.29 is 17.7 Å². The van der Waals surface area contributed by atoms with E-state index in [0.29, 0.717) is 5.76 Å². The lowest BCUT2D eigenvalue weighted by atomic mass is 10.2. The molecule has 1 amide bonds. The van der Waals surface area contributed by atoms with E-state index in [2.05, 4.69) is 10.5 Å². The summed E-state index contributed by atoms with van der Waals surface area (Å²) in [5, 5.41) is 6.09. The summed E-state index contributed by atoms with van der Waals surface area (Å²) in [6.07, 6.45) is 0. The normalized spacial score (nSPS) is 11.6. The van der Waals surface area contributed by atoms with Gasteiger partial charge in [0.2, 0.25) is 15.9 Å². The van der Waals surface area contributed by atoms with Crippen molar-refractivity contribution >= 4 is 21.7 Å². The number of hydrogen-bond donors (Lipinski definition) is 1. The zero-order chi connectivity index (χ0) is 16.3. The molecule has 2 rings (SSSR count). The number of amides is 1. The van der Waals surface area contributed by atoms with Crippen LogP contribution in [0.25, 0.3) is 0 Å². The second-order valence-electron chi connectivity index (χ2n) is 4.95. The van der Waals surface area contributed by atoms with Crippen molar-refractivity contribution in [2.75, 3.05) is 18.9 Å². The molecular formula is C14H17N3O4S. The number of rotatable bonds is 5. The zero-order valence-electron chi connectivity index (χ0n) is 12.5. The van der Waals surface area contributed by atoms with E-state index in [9.17, 15) is 13.2 Å². The predicted molar refractivity (Wildman–Crippen MR) is 80.9 cm³/mol. The molecule has 8 heteroatoms. The van der Waals surface area contributed by atoms with Gasteiger partial charge in [-0.3, -0.25) is 4.79 Å². The Morgan fingerprint density at radius 1 is 1.27 bits per heavy atom. The molecule has 0 aliphatic heterocycles. The Bertz CT molecular complexity index is 766. The second-order valence-corrected chi connectivity index (χ2v) is 6.99. The van der Waals surface area contributed by atoms with Crippen LogP contribution in [0, 0.1) is 13.8 Å². The Labute approximate surface area is 129 Å². The van der Waals surface area contributed by atoms with Gasteiger partial charge in [-0.1, -0.05) is 22.9 Å². The molecule has 7 nitrogen and oxygen atoms in total. The average Bonchev–Trinajstić information content (AvgIpc) is 2.84. The molecule has 0 saturated carbocycles. The van der Waals surface area contributed by atoms with Crippen LogP contribution >= 0.6 is 0 Å². The van der Waals surface area contributed by atoms with Crippen LogP contribution in [0.15, 0.2) is 39.8 Å². The number of carbonyl (C=O) groups excluding carboxylic acids is 1. The summed E-state index contributed by atoms with van der Waals surface area (Å²) >= 11 is 0. The van der Waals surface area contributed by atoms with E-state index in [0.717, 1.165) is 9.87 Å². The minimum absolute atomic E-state index is 0.144. The number of anilines is 1. The summed E-state index contributed by atoms with van der Waals surface area (Å²) in [4.78, 5) is 12.0. The number of aryl methyl sites for hydroxylation is 2. The molecular weight excluding hydrogens is 306 g/mol. The number of nitrogens with zero attached hydrogens (tertiary/aromatic N) is 2. The van der Waals surface area contributed by atoms with Gasteiger partial charge in [-0.15, -0.1) is 0 Å². The summed E-state index contributed by atoms with van der Waals surface area (Å²) in [7, 11) is -2.36. The topological polar surface area (TPSA) is 92.5 Å². The van der Waals surface area contributed by atoms with Gasteiger partial charge < -0.3 is 9.84 Å². The highest BCUT2D eigenvalue weighted by molar-refractivity contribution is 7.89. The minimum Gasteiger partial charge on any atom is -0.360 e. The fourth-order valence-corrected chi connectivity index (χ4v) is 2.91. The lowest BCUT2D eigenvalue weighted by Gasteiger charge is -2.16. The molecule has 0 fully saturated rings. The lowest BCUT2D eigenvalue weighted by molar-refractivity contribution is -0.116. The van der Waals surface area contributed by atoms with Crippen LogP contribution in [0.1, 0.15) is 11.3 Å². The molecule has 0 spiro atoms. The smallest absolute Gasteiger partial charge is 0.243 e. The van der Waals surface area contributed by atoms with E-state index in [-0.39, 0.29) is 17.3 Å². The number of carbonyl (C=O) groups is 1. The molecule has 1 N–H and O–H groups in total. The Balaban J connectivity index is 2.05. The van der Waals surface area contributed by atoms with E-state index in [4.69, 9.17) is 4.52 Å². The van der Waals surface area contributed by atoms with Gasteiger partial charge in [0.05, 0.1) is 11.4 Å².